The largest absolute Gasteiger partial charge is 0.497 e. The van der Waals surface area contributed by atoms with Gasteiger partial charge in [0.1, 0.15) is 17.3 Å². The highest BCUT2D eigenvalue weighted by molar-refractivity contribution is 6.32. The number of hydrogen-bond acceptors (Lipinski definition) is 3. The van der Waals surface area contributed by atoms with E-state index < -0.39 is 0 Å². The highest BCUT2D eigenvalue weighted by Gasteiger charge is 2.03. The lowest BCUT2D eigenvalue weighted by atomic mass is 10.1. The molecule has 120 valence electrons. The Bertz CT molecular complexity index is 544. The highest BCUT2D eigenvalue weighted by atomic mass is 35.5. The van der Waals surface area contributed by atoms with Crippen LogP contribution >= 0.6 is 11.6 Å². The van der Waals surface area contributed by atoms with Gasteiger partial charge >= 0.3 is 0 Å². The lowest BCUT2D eigenvalue weighted by Crippen LogP contribution is -1.98. The Labute approximate surface area is 136 Å². The molecular formula is C17H23ClN2O2. The molecule has 22 heavy (non-hydrogen) atoms. The van der Waals surface area contributed by atoms with Gasteiger partial charge in [-0.15, -0.1) is 0 Å². The summed E-state index contributed by atoms with van der Waals surface area (Å²) in [4.78, 5) is 7.35. The first-order valence-electron chi connectivity index (χ1n) is 7.74. The minimum atomic E-state index is 0.595. The van der Waals surface area contributed by atoms with Crippen molar-refractivity contribution in [3.63, 3.8) is 0 Å². The molecule has 0 saturated carbocycles. The molecule has 5 heteroatoms. The standard InChI is InChI=1S/C17H23ClN2O2/c1-21-14-8-9-16(15(18)13-14)22-12-6-4-2-3-5-7-17-19-10-11-20-17/h8-11,13H,2-7,12H2,1H3,(H,19,20). The van der Waals surface area contributed by atoms with Crippen molar-refractivity contribution in [3.05, 3.63) is 41.4 Å². The van der Waals surface area contributed by atoms with Crippen molar-refractivity contribution in [2.75, 3.05) is 13.7 Å². The fourth-order valence-corrected chi connectivity index (χ4v) is 2.49. The number of halogens is 1. The number of imidazole rings is 1. The van der Waals surface area contributed by atoms with E-state index in [4.69, 9.17) is 21.1 Å². The predicted molar refractivity (Wildman–Crippen MR) is 88.9 cm³/mol. The Hall–Kier alpha value is -1.68. The molecule has 0 fully saturated rings. The molecule has 0 atom stereocenters. The Morgan fingerprint density at radius 2 is 1.95 bits per heavy atom. The third-order valence-electron chi connectivity index (χ3n) is 3.51. The third kappa shape index (κ3) is 5.60. The van der Waals surface area contributed by atoms with Gasteiger partial charge in [0, 0.05) is 24.9 Å². The number of benzene rings is 1. The number of ether oxygens (including phenoxy) is 2. The Morgan fingerprint density at radius 1 is 1.14 bits per heavy atom. The fourth-order valence-electron chi connectivity index (χ4n) is 2.27. The smallest absolute Gasteiger partial charge is 0.138 e. The van der Waals surface area contributed by atoms with Crippen LogP contribution in [0.1, 0.15) is 37.9 Å². The van der Waals surface area contributed by atoms with Crippen LogP contribution in [0.15, 0.2) is 30.6 Å². The maximum Gasteiger partial charge on any atom is 0.138 e. The van der Waals surface area contributed by atoms with Crippen molar-refractivity contribution < 1.29 is 9.47 Å². The average Bonchev–Trinajstić information content (AvgIpc) is 3.04. The summed E-state index contributed by atoms with van der Waals surface area (Å²) in [5.74, 6) is 2.55. The van der Waals surface area contributed by atoms with Crippen LogP contribution in [0.2, 0.25) is 5.02 Å². The minimum absolute atomic E-state index is 0.595. The molecule has 1 aromatic heterocycles. The number of nitrogens with zero attached hydrogens (tertiary/aromatic N) is 1. The van der Waals surface area contributed by atoms with E-state index in [1.54, 1.807) is 19.4 Å². The first-order chi connectivity index (χ1) is 10.8. The molecule has 0 aliphatic heterocycles. The van der Waals surface area contributed by atoms with E-state index in [0.717, 1.165) is 30.2 Å². The summed E-state index contributed by atoms with van der Waals surface area (Å²) < 4.78 is 10.8. The quantitative estimate of drug-likeness (QED) is 0.648. The number of aromatic nitrogens is 2. The lowest BCUT2D eigenvalue weighted by Gasteiger charge is -2.09. The molecule has 0 saturated heterocycles. The molecule has 1 aromatic carbocycles. The number of aryl methyl sites for hydroxylation is 1. The van der Waals surface area contributed by atoms with Gasteiger partial charge in [-0.25, -0.2) is 4.98 Å². The van der Waals surface area contributed by atoms with Crippen LogP contribution in [0.4, 0.5) is 0 Å². The van der Waals surface area contributed by atoms with Crippen molar-refractivity contribution in [3.8, 4) is 11.5 Å². The number of hydrogen-bond donors (Lipinski definition) is 1. The van der Waals surface area contributed by atoms with E-state index in [0.29, 0.717) is 11.6 Å². The van der Waals surface area contributed by atoms with E-state index >= 15 is 0 Å². The molecule has 0 amide bonds. The van der Waals surface area contributed by atoms with Crippen LogP contribution in [0.25, 0.3) is 0 Å². The zero-order chi connectivity index (χ0) is 15.6. The van der Waals surface area contributed by atoms with Gasteiger partial charge in [0.2, 0.25) is 0 Å². The Balaban J connectivity index is 1.52. The van der Waals surface area contributed by atoms with E-state index in [1.165, 1.54) is 25.7 Å². The van der Waals surface area contributed by atoms with Gasteiger partial charge in [-0.1, -0.05) is 30.9 Å². The zero-order valence-corrected chi connectivity index (χ0v) is 13.7. The number of unbranched alkanes of at least 4 members (excludes halogenated alkanes) is 4. The van der Waals surface area contributed by atoms with Gasteiger partial charge in [0.05, 0.1) is 18.7 Å². The summed E-state index contributed by atoms with van der Waals surface area (Å²) in [5, 5.41) is 0.595. The van der Waals surface area contributed by atoms with Gasteiger partial charge < -0.3 is 14.5 Å². The van der Waals surface area contributed by atoms with Gasteiger partial charge in [-0.05, 0) is 25.0 Å². The van der Waals surface area contributed by atoms with E-state index in [9.17, 15) is 0 Å². The Morgan fingerprint density at radius 3 is 2.68 bits per heavy atom. The van der Waals surface area contributed by atoms with Crippen LogP contribution < -0.4 is 9.47 Å². The maximum atomic E-state index is 6.12. The minimum Gasteiger partial charge on any atom is -0.497 e. The maximum absolute atomic E-state index is 6.12. The summed E-state index contributed by atoms with van der Waals surface area (Å²) in [5.41, 5.74) is 0. The SMILES string of the molecule is COc1ccc(OCCCCCCCc2ncc[nH]2)c(Cl)c1. The lowest BCUT2D eigenvalue weighted by molar-refractivity contribution is 0.304. The first kappa shape index (κ1) is 16.7. The van der Waals surface area contributed by atoms with E-state index in [2.05, 4.69) is 9.97 Å². The van der Waals surface area contributed by atoms with Gasteiger partial charge in [0.15, 0.2) is 0 Å². The summed E-state index contributed by atoms with van der Waals surface area (Å²) in [7, 11) is 1.62. The van der Waals surface area contributed by atoms with E-state index in [1.807, 2.05) is 18.3 Å². The second-order valence-corrected chi connectivity index (χ2v) is 5.61. The molecule has 0 aliphatic rings. The molecule has 0 spiro atoms. The first-order valence-corrected chi connectivity index (χ1v) is 8.12. The zero-order valence-electron chi connectivity index (χ0n) is 13.0. The molecule has 0 radical (unpaired) electrons. The summed E-state index contributed by atoms with van der Waals surface area (Å²) in [6.07, 6.45) is 10.6. The van der Waals surface area contributed by atoms with Gasteiger partial charge in [0.25, 0.3) is 0 Å². The summed E-state index contributed by atoms with van der Waals surface area (Å²) in [6, 6.07) is 5.48. The fraction of sp³-hybridized carbons (Fsp3) is 0.471. The highest BCUT2D eigenvalue weighted by Crippen LogP contribution is 2.28. The average molecular weight is 323 g/mol. The van der Waals surface area contributed by atoms with Crippen LogP contribution in [0.5, 0.6) is 11.5 Å². The van der Waals surface area contributed by atoms with Crippen molar-refractivity contribution in [2.24, 2.45) is 0 Å². The Kier molecular flexibility index (Phi) is 7.10. The van der Waals surface area contributed by atoms with Crippen LogP contribution in [0, 0.1) is 0 Å². The molecule has 2 rings (SSSR count). The summed E-state index contributed by atoms with van der Waals surface area (Å²) in [6.45, 7) is 0.699. The van der Waals surface area contributed by atoms with Crippen LogP contribution in [0.3, 0.4) is 0 Å². The molecule has 2 aromatic rings. The summed E-state index contributed by atoms with van der Waals surface area (Å²) >= 11 is 6.12. The van der Waals surface area contributed by atoms with Gasteiger partial charge in [-0.2, -0.15) is 0 Å². The second-order valence-electron chi connectivity index (χ2n) is 5.20. The van der Waals surface area contributed by atoms with Gasteiger partial charge in [-0.3, -0.25) is 0 Å². The molecule has 0 unspecified atom stereocenters. The number of H-pyrrole nitrogens is 1. The number of aromatic amines is 1. The topological polar surface area (TPSA) is 47.1 Å². The van der Waals surface area contributed by atoms with E-state index in [-0.39, 0.29) is 0 Å². The van der Waals surface area contributed by atoms with Crippen molar-refractivity contribution in [1.82, 2.24) is 9.97 Å². The number of methoxy groups -OCH3 is 1. The molecule has 1 heterocycles. The third-order valence-corrected chi connectivity index (χ3v) is 3.80. The van der Waals surface area contributed by atoms with Crippen molar-refractivity contribution >= 4 is 11.6 Å². The van der Waals surface area contributed by atoms with Crippen LogP contribution in [-0.2, 0) is 6.42 Å². The molecule has 4 nitrogen and oxygen atoms in total. The van der Waals surface area contributed by atoms with Crippen molar-refractivity contribution in [2.45, 2.75) is 38.5 Å². The number of rotatable bonds is 10. The van der Waals surface area contributed by atoms with Crippen LogP contribution in [-0.4, -0.2) is 23.7 Å². The monoisotopic (exact) mass is 322 g/mol. The molecule has 0 bridgehead atoms. The predicted octanol–water partition coefficient (Wildman–Crippen LogP) is 4.64. The number of nitrogens with one attached hydrogen (secondary N) is 1. The molecule has 0 aliphatic carbocycles. The van der Waals surface area contributed by atoms with Crippen molar-refractivity contribution in [1.29, 1.82) is 0 Å². The second kappa shape index (κ2) is 9.36. The normalized spacial score (nSPS) is 10.6. The molecular weight excluding hydrogens is 300 g/mol. The molecule has 1 N–H and O–H groups in total.